The number of carbonyl (C=O) groups excluding carboxylic acids is 1. The van der Waals surface area contributed by atoms with Crippen molar-refractivity contribution in [2.24, 2.45) is 11.0 Å². The minimum absolute atomic E-state index is 0.125. The zero-order valence-electron chi connectivity index (χ0n) is 11.4. The molecular formula is C13H17N3O2S. The molecule has 0 aliphatic heterocycles. The van der Waals surface area contributed by atoms with E-state index in [1.165, 1.54) is 4.88 Å². The molecule has 6 heteroatoms. The molecule has 0 radical (unpaired) electrons. The average molecular weight is 279 g/mol. The Bertz CT molecular complexity index is 593. The van der Waals surface area contributed by atoms with Crippen LogP contribution in [0, 0.1) is 12.8 Å². The molecule has 2 heterocycles. The zero-order valence-corrected chi connectivity index (χ0v) is 12.2. The molecule has 0 aliphatic carbocycles. The molecule has 0 unspecified atom stereocenters. The SMILES string of the molecule is CO/C(=N\NC(=O)c1cc2sc(C)cc2[nH]1)C(C)C. The van der Waals surface area contributed by atoms with E-state index in [0.717, 1.165) is 10.2 Å². The molecule has 2 rings (SSSR count). The highest BCUT2D eigenvalue weighted by molar-refractivity contribution is 7.19. The van der Waals surface area contributed by atoms with Crippen LogP contribution in [0.5, 0.6) is 0 Å². The number of carbonyl (C=O) groups is 1. The Morgan fingerprint density at radius 3 is 2.79 bits per heavy atom. The molecule has 0 aliphatic rings. The van der Waals surface area contributed by atoms with Gasteiger partial charge >= 0.3 is 0 Å². The predicted octanol–water partition coefficient (Wildman–Crippen LogP) is 2.88. The molecule has 2 aromatic heterocycles. The summed E-state index contributed by atoms with van der Waals surface area (Å²) in [5.74, 6) is 0.355. The maximum Gasteiger partial charge on any atom is 0.287 e. The van der Waals surface area contributed by atoms with Gasteiger partial charge in [0.25, 0.3) is 5.91 Å². The van der Waals surface area contributed by atoms with Crippen LogP contribution in [0.25, 0.3) is 10.2 Å². The van der Waals surface area contributed by atoms with Crippen molar-refractivity contribution in [1.29, 1.82) is 0 Å². The number of amides is 1. The number of thiophene rings is 1. The van der Waals surface area contributed by atoms with E-state index in [4.69, 9.17) is 4.74 Å². The molecule has 0 bridgehead atoms. The fraction of sp³-hybridized carbons (Fsp3) is 0.385. The number of H-pyrrole nitrogens is 1. The number of rotatable bonds is 3. The second kappa shape index (κ2) is 5.44. The van der Waals surface area contributed by atoms with Gasteiger partial charge in [-0.05, 0) is 19.1 Å². The summed E-state index contributed by atoms with van der Waals surface area (Å²) >= 11 is 1.65. The third-order valence-corrected chi connectivity index (χ3v) is 3.64. The van der Waals surface area contributed by atoms with Crippen molar-refractivity contribution in [3.05, 3.63) is 22.7 Å². The maximum absolute atomic E-state index is 11.9. The van der Waals surface area contributed by atoms with Gasteiger partial charge in [-0.2, -0.15) is 0 Å². The highest BCUT2D eigenvalue weighted by Crippen LogP contribution is 2.25. The van der Waals surface area contributed by atoms with E-state index in [1.807, 2.05) is 32.9 Å². The topological polar surface area (TPSA) is 66.5 Å². The van der Waals surface area contributed by atoms with Crippen LogP contribution in [0.3, 0.4) is 0 Å². The van der Waals surface area contributed by atoms with Crippen LogP contribution in [0.2, 0.25) is 0 Å². The Labute approximate surface area is 115 Å². The molecule has 102 valence electrons. The summed E-state index contributed by atoms with van der Waals surface area (Å²) in [5, 5.41) is 3.97. The second-order valence-electron chi connectivity index (χ2n) is 4.57. The highest BCUT2D eigenvalue weighted by atomic mass is 32.1. The number of nitrogens with one attached hydrogen (secondary N) is 2. The van der Waals surface area contributed by atoms with E-state index >= 15 is 0 Å². The Morgan fingerprint density at radius 2 is 2.21 bits per heavy atom. The Balaban J connectivity index is 2.13. The lowest BCUT2D eigenvalue weighted by molar-refractivity contribution is 0.0949. The number of fused-ring (bicyclic) bond motifs is 1. The molecule has 0 fully saturated rings. The van der Waals surface area contributed by atoms with Crippen molar-refractivity contribution in [3.63, 3.8) is 0 Å². The number of hydrazone groups is 1. The van der Waals surface area contributed by atoms with Gasteiger partial charge in [-0.3, -0.25) is 4.79 Å². The molecule has 0 atom stereocenters. The molecule has 19 heavy (non-hydrogen) atoms. The van der Waals surface area contributed by atoms with Crippen LogP contribution in [0.4, 0.5) is 0 Å². The van der Waals surface area contributed by atoms with Gasteiger partial charge in [-0.1, -0.05) is 13.8 Å². The molecule has 2 aromatic rings. The average Bonchev–Trinajstić information content (AvgIpc) is 2.86. The quantitative estimate of drug-likeness (QED) is 0.515. The van der Waals surface area contributed by atoms with Crippen LogP contribution >= 0.6 is 11.3 Å². The minimum atomic E-state index is -0.267. The Morgan fingerprint density at radius 1 is 1.47 bits per heavy atom. The first kappa shape index (κ1) is 13.6. The van der Waals surface area contributed by atoms with E-state index in [-0.39, 0.29) is 11.8 Å². The number of aromatic amines is 1. The molecule has 2 N–H and O–H groups in total. The molecule has 0 saturated heterocycles. The van der Waals surface area contributed by atoms with E-state index in [9.17, 15) is 4.79 Å². The predicted molar refractivity (Wildman–Crippen MR) is 77.7 cm³/mol. The lowest BCUT2D eigenvalue weighted by atomic mass is 10.2. The van der Waals surface area contributed by atoms with E-state index in [0.29, 0.717) is 11.6 Å². The largest absolute Gasteiger partial charge is 0.483 e. The summed E-state index contributed by atoms with van der Waals surface area (Å²) in [6.07, 6.45) is 0. The normalized spacial score (nSPS) is 12.2. The van der Waals surface area contributed by atoms with Gasteiger partial charge in [0.15, 0.2) is 0 Å². The van der Waals surface area contributed by atoms with Gasteiger partial charge in [0.05, 0.1) is 17.3 Å². The third-order valence-electron chi connectivity index (χ3n) is 2.64. The van der Waals surface area contributed by atoms with Crippen LogP contribution in [-0.2, 0) is 4.74 Å². The summed E-state index contributed by atoms with van der Waals surface area (Å²) in [6.45, 7) is 5.93. The van der Waals surface area contributed by atoms with Crippen LogP contribution in [0.1, 0.15) is 29.2 Å². The lowest BCUT2D eigenvalue weighted by Gasteiger charge is -2.07. The third kappa shape index (κ3) is 2.96. The van der Waals surface area contributed by atoms with E-state index in [1.54, 1.807) is 18.4 Å². The summed E-state index contributed by atoms with van der Waals surface area (Å²) < 4.78 is 6.16. The summed E-state index contributed by atoms with van der Waals surface area (Å²) in [5.41, 5.74) is 3.98. The minimum Gasteiger partial charge on any atom is -0.483 e. The number of aromatic nitrogens is 1. The summed E-state index contributed by atoms with van der Waals surface area (Å²) in [4.78, 5) is 16.2. The van der Waals surface area contributed by atoms with Crippen molar-refractivity contribution in [3.8, 4) is 0 Å². The molecule has 5 nitrogen and oxygen atoms in total. The van der Waals surface area contributed by atoms with E-state index in [2.05, 4.69) is 15.5 Å². The van der Waals surface area contributed by atoms with Gasteiger partial charge in [0.1, 0.15) is 5.69 Å². The van der Waals surface area contributed by atoms with Crippen molar-refractivity contribution in [2.75, 3.05) is 7.11 Å². The van der Waals surface area contributed by atoms with Gasteiger partial charge in [-0.25, -0.2) is 5.43 Å². The second-order valence-corrected chi connectivity index (χ2v) is 5.86. The monoisotopic (exact) mass is 279 g/mol. The first-order valence-corrected chi connectivity index (χ1v) is 6.84. The Kier molecular flexibility index (Phi) is 3.90. The smallest absolute Gasteiger partial charge is 0.287 e. The van der Waals surface area contributed by atoms with Gasteiger partial charge in [-0.15, -0.1) is 16.4 Å². The number of hydrogen-bond donors (Lipinski definition) is 2. The van der Waals surface area contributed by atoms with Crippen LogP contribution in [-0.4, -0.2) is 23.9 Å². The van der Waals surface area contributed by atoms with Crippen LogP contribution in [0.15, 0.2) is 17.2 Å². The number of hydrogen-bond acceptors (Lipinski definition) is 4. The van der Waals surface area contributed by atoms with Crippen molar-refractivity contribution < 1.29 is 9.53 Å². The highest BCUT2D eigenvalue weighted by Gasteiger charge is 2.12. The maximum atomic E-state index is 11.9. The molecule has 0 aromatic carbocycles. The first-order chi connectivity index (χ1) is 9.01. The molecule has 1 amide bonds. The van der Waals surface area contributed by atoms with Crippen molar-refractivity contribution in [2.45, 2.75) is 20.8 Å². The summed E-state index contributed by atoms with van der Waals surface area (Å²) in [6, 6.07) is 3.86. The van der Waals surface area contributed by atoms with Gasteiger partial charge < -0.3 is 9.72 Å². The molecule has 0 saturated carbocycles. The van der Waals surface area contributed by atoms with Crippen molar-refractivity contribution in [1.82, 2.24) is 10.4 Å². The van der Waals surface area contributed by atoms with Gasteiger partial charge in [0, 0.05) is 10.8 Å². The zero-order chi connectivity index (χ0) is 14.0. The van der Waals surface area contributed by atoms with Crippen molar-refractivity contribution >= 4 is 33.4 Å². The lowest BCUT2D eigenvalue weighted by Crippen LogP contribution is -2.22. The molecule has 0 spiro atoms. The van der Waals surface area contributed by atoms with Gasteiger partial charge in [0.2, 0.25) is 5.90 Å². The first-order valence-electron chi connectivity index (χ1n) is 6.02. The van der Waals surface area contributed by atoms with Crippen LogP contribution < -0.4 is 5.43 Å². The summed E-state index contributed by atoms with van der Waals surface area (Å²) in [7, 11) is 1.54. The Hall–Kier alpha value is -1.82. The number of aryl methyl sites for hydroxylation is 1. The number of ether oxygens (including phenoxy) is 1. The van der Waals surface area contributed by atoms with E-state index < -0.39 is 0 Å². The molecular weight excluding hydrogens is 262 g/mol. The fourth-order valence-electron chi connectivity index (χ4n) is 1.75. The fourth-order valence-corrected chi connectivity index (χ4v) is 2.67. The number of methoxy groups -OCH3 is 1. The number of nitrogens with zero attached hydrogens (tertiary/aromatic N) is 1. The standard InChI is InChI=1S/C13H17N3O2S/c1-7(2)13(18-4)16-15-12(17)10-6-11-9(14-10)5-8(3)19-11/h5-7,14H,1-4H3,(H,15,17)/b16-13-.